The summed E-state index contributed by atoms with van der Waals surface area (Å²) in [6.07, 6.45) is -4.68. The molecule has 4 aromatic rings. The number of thiazole rings is 1. The van der Waals surface area contributed by atoms with Crippen molar-refractivity contribution in [2.24, 2.45) is 5.92 Å². The number of carbonyl (C=O) groups excluding carboxylic acids is 3. The predicted molar refractivity (Wildman–Crippen MR) is 161 cm³/mol. The van der Waals surface area contributed by atoms with Gasteiger partial charge in [0.15, 0.2) is 0 Å². The van der Waals surface area contributed by atoms with Crippen molar-refractivity contribution in [3.05, 3.63) is 103 Å². The van der Waals surface area contributed by atoms with Crippen LogP contribution in [-0.4, -0.2) is 34.6 Å². The summed E-state index contributed by atoms with van der Waals surface area (Å²) in [7, 11) is 1.49. The summed E-state index contributed by atoms with van der Waals surface area (Å²) < 4.78 is 47.0. The van der Waals surface area contributed by atoms with E-state index in [0.717, 1.165) is 46.2 Å². The van der Waals surface area contributed by atoms with Crippen molar-refractivity contribution in [3.8, 4) is 5.75 Å². The minimum atomic E-state index is -4.68. The molecular formula is C30H21ClF3N3O5S2. The summed E-state index contributed by atoms with van der Waals surface area (Å²) in [5.41, 5.74) is -0.118. The molecule has 0 bridgehead atoms. The normalized spacial score (nSPS) is 19.5. The van der Waals surface area contributed by atoms with Gasteiger partial charge in [-0.2, -0.15) is 13.2 Å². The quantitative estimate of drug-likeness (QED) is 0.254. The maximum Gasteiger partial charge on any atom is 0.416 e. The number of aromatic nitrogens is 1. The Morgan fingerprint density at radius 2 is 1.70 bits per heavy atom. The van der Waals surface area contributed by atoms with Gasteiger partial charge < -0.3 is 10.1 Å². The van der Waals surface area contributed by atoms with Crippen LogP contribution in [0.2, 0.25) is 5.02 Å². The van der Waals surface area contributed by atoms with Crippen LogP contribution in [0.15, 0.2) is 82.6 Å². The van der Waals surface area contributed by atoms with Gasteiger partial charge in [-0.15, -0.1) is 0 Å². The van der Waals surface area contributed by atoms with Crippen molar-refractivity contribution >= 4 is 63.8 Å². The first kappa shape index (κ1) is 30.0. The lowest BCUT2D eigenvalue weighted by Gasteiger charge is -2.30. The Kier molecular flexibility index (Phi) is 7.80. The molecule has 3 amide bonds. The Labute approximate surface area is 261 Å². The van der Waals surface area contributed by atoms with Crippen LogP contribution in [0.3, 0.4) is 0 Å². The van der Waals surface area contributed by atoms with Gasteiger partial charge in [-0.05, 0) is 60.2 Å². The molecule has 3 aromatic carbocycles. The van der Waals surface area contributed by atoms with E-state index in [0.29, 0.717) is 31.9 Å². The third-order valence-electron chi connectivity index (χ3n) is 7.39. The first-order valence-corrected chi connectivity index (χ1v) is 15.2. The van der Waals surface area contributed by atoms with E-state index >= 15 is 0 Å². The Balaban J connectivity index is 1.41. The van der Waals surface area contributed by atoms with E-state index in [9.17, 15) is 32.3 Å². The zero-order valence-electron chi connectivity index (χ0n) is 22.6. The number of fused-ring (bicyclic) bond motifs is 2. The number of methoxy groups -OCH3 is 1. The molecule has 1 aromatic heterocycles. The molecular weight excluding hydrogens is 639 g/mol. The first-order valence-electron chi connectivity index (χ1n) is 13.1. The van der Waals surface area contributed by atoms with Crippen LogP contribution in [0.25, 0.3) is 0 Å². The molecule has 1 saturated heterocycles. The Morgan fingerprint density at radius 3 is 2.36 bits per heavy atom. The summed E-state index contributed by atoms with van der Waals surface area (Å²) in [4.78, 5) is 54.8. The number of nitrogens with zero attached hydrogens (tertiary/aromatic N) is 2. The zero-order chi connectivity index (χ0) is 31.3. The molecule has 3 heterocycles. The Bertz CT molecular complexity index is 1840. The van der Waals surface area contributed by atoms with E-state index < -0.39 is 51.4 Å². The number of ether oxygens (including phenoxy) is 1. The SMILES string of the molecule is COc1ccc([C@@H]2c3sc(=O)n(CC(=O)Nc4ccc(Cl)cc4)c3S[C@@H]3C(=O)N(c4cccc(C(F)(F)F)c4)C(=O)[C@H]23)cc1. The molecule has 14 heteroatoms. The number of alkyl halides is 3. The van der Waals surface area contributed by atoms with Crippen molar-refractivity contribution in [1.29, 1.82) is 0 Å². The minimum Gasteiger partial charge on any atom is -0.497 e. The van der Waals surface area contributed by atoms with Gasteiger partial charge in [0.05, 0.1) is 29.3 Å². The third kappa shape index (κ3) is 5.39. The van der Waals surface area contributed by atoms with E-state index in [4.69, 9.17) is 16.3 Å². The molecule has 2 aliphatic rings. The molecule has 0 radical (unpaired) electrons. The van der Waals surface area contributed by atoms with Crippen LogP contribution in [0, 0.1) is 5.92 Å². The highest BCUT2D eigenvalue weighted by Crippen LogP contribution is 2.54. The van der Waals surface area contributed by atoms with Crippen LogP contribution < -0.4 is 19.8 Å². The summed E-state index contributed by atoms with van der Waals surface area (Å²) in [6.45, 7) is -0.369. The fourth-order valence-corrected chi connectivity index (χ4v) is 8.28. The number of imide groups is 1. The van der Waals surface area contributed by atoms with Gasteiger partial charge in [0, 0.05) is 21.5 Å². The average Bonchev–Trinajstić information content (AvgIpc) is 3.44. The van der Waals surface area contributed by atoms with Crippen LogP contribution in [-0.2, 0) is 27.1 Å². The monoisotopic (exact) mass is 659 g/mol. The van der Waals surface area contributed by atoms with Gasteiger partial charge in [0.25, 0.3) is 0 Å². The molecule has 0 spiro atoms. The second-order valence-corrected chi connectivity index (χ2v) is 12.6. The second-order valence-electron chi connectivity index (χ2n) is 10.1. The highest BCUT2D eigenvalue weighted by Gasteiger charge is 2.57. The summed E-state index contributed by atoms with van der Waals surface area (Å²) in [5, 5.41) is 2.48. The first-order chi connectivity index (χ1) is 21.0. The highest BCUT2D eigenvalue weighted by molar-refractivity contribution is 8.00. The summed E-state index contributed by atoms with van der Waals surface area (Å²) in [6, 6.07) is 17.3. The van der Waals surface area contributed by atoms with Gasteiger partial charge in [0.2, 0.25) is 17.7 Å². The number of rotatable bonds is 6. The largest absolute Gasteiger partial charge is 0.497 e. The number of hydrogen-bond donors (Lipinski definition) is 1. The maximum atomic E-state index is 14.0. The van der Waals surface area contributed by atoms with Crippen LogP contribution in [0.4, 0.5) is 24.5 Å². The lowest BCUT2D eigenvalue weighted by atomic mass is 9.83. The predicted octanol–water partition coefficient (Wildman–Crippen LogP) is 6.03. The van der Waals surface area contributed by atoms with Crippen LogP contribution in [0.1, 0.15) is 21.9 Å². The zero-order valence-corrected chi connectivity index (χ0v) is 25.0. The van der Waals surface area contributed by atoms with Crippen molar-refractivity contribution in [2.75, 3.05) is 17.3 Å². The van der Waals surface area contributed by atoms with Gasteiger partial charge >= 0.3 is 11.0 Å². The summed E-state index contributed by atoms with van der Waals surface area (Å²) >= 11 is 7.75. The van der Waals surface area contributed by atoms with Gasteiger partial charge in [-0.3, -0.25) is 23.7 Å². The Hall–Kier alpha value is -4.07. The number of carbonyl (C=O) groups is 3. The molecule has 6 rings (SSSR count). The van der Waals surface area contributed by atoms with Gasteiger partial charge in [0.1, 0.15) is 17.5 Å². The molecule has 226 valence electrons. The van der Waals surface area contributed by atoms with Crippen LogP contribution >= 0.6 is 34.7 Å². The van der Waals surface area contributed by atoms with Crippen molar-refractivity contribution in [3.63, 3.8) is 0 Å². The number of thioether (sulfide) groups is 1. The topological polar surface area (TPSA) is 97.7 Å². The summed E-state index contributed by atoms with van der Waals surface area (Å²) in [5.74, 6) is -3.14. The smallest absolute Gasteiger partial charge is 0.416 e. The molecule has 44 heavy (non-hydrogen) atoms. The number of halogens is 4. The fourth-order valence-electron chi connectivity index (χ4n) is 5.38. The minimum absolute atomic E-state index is 0.193. The molecule has 1 fully saturated rings. The number of nitrogens with one attached hydrogen (secondary N) is 1. The molecule has 1 N–H and O–H groups in total. The number of anilines is 2. The van der Waals surface area contributed by atoms with Crippen LogP contribution in [0.5, 0.6) is 5.75 Å². The van der Waals surface area contributed by atoms with E-state index in [1.54, 1.807) is 48.5 Å². The van der Waals surface area contributed by atoms with E-state index in [2.05, 4.69) is 5.32 Å². The molecule has 8 nitrogen and oxygen atoms in total. The number of benzene rings is 3. The molecule has 0 unspecified atom stereocenters. The maximum absolute atomic E-state index is 14.0. The van der Waals surface area contributed by atoms with E-state index in [-0.39, 0.29) is 12.2 Å². The van der Waals surface area contributed by atoms with Gasteiger partial charge in [-0.25, -0.2) is 4.90 Å². The van der Waals surface area contributed by atoms with E-state index in [1.807, 2.05) is 0 Å². The Morgan fingerprint density at radius 1 is 1.00 bits per heavy atom. The average molecular weight is 660 g/mol. The molecule has 0 aliphatic carbocycles. The standard InChI is InChI=1S/C30H21ClF3N3O5S2/c1-42-20-11-5-15(6-12-20)22-23-24(27(40)37(26(23)39)19-4-2-3-16(13-19)30(32,33)34)43-28-25(22)44-29(41)36(28)14-21(38)35-18-9-7-17(31)8-10-18/h2-13,22-24H,14H2,1H3,(H,35,38)/t22-,23+,24-/m0/s1. The van der Waals surface area contributed by atoms with Crippen molar-refractivity contribution < 1.29 is 32.3 Å². The second kappa shape index (κ2) is 11.5. The third-order valence-corrected chi connectivity index (χ3v) is 10.2. The molecule has 3 atom stereocenters. The fraction of sp³-hybridized carbons (Fsp3) is 0.200. The van der Waals surface area contributed by atoms with Crippen molar-refractivity contribution in [1.82, 2.24) is 4.57 Å². The number of amides is 3. The molecule has 2 aliphatic heterocycles. The lowest BCUT2D eigenvalue weighted by Crippen LogP contribution is -2.33. The highest BCUT2D eigenvalue weighted by atomic mass is 35.5. The lowest BCUT2D eigenvalue weighted by molar-refractivity contribution is -0.137. The molecule has 0 saturated carbocycles. The van der Waals surface area contributed by atoms with E-state index in [1.165, 1.54) is 17.7 Å². The number of hydrogen-bond acceptors (Lipinski definition) is 7. The van der Waals surface area contributed by atoms with Gasteiger partial charge in [-0.1, -0.05) is 52.9 Å². The van der Waals surface area contributed by atoms with Crippen molar-refractivity contribution in [2.45, 2.75) is 28.9 Å².